The molecule has 1 atom stereocenters. The molecular weight excluding hydrogens is 394 g/mol. The van der Waals surface area contributed by atoms with Crippen LogP contribution < -0.4 is 5.32 Å². The Morgan fingerprint density at radius 1 is 1.03 bits per heavy atom. The Bertz CT molecular complexity index is 1140. The molecule has 0 radical (unpaired) electrons. The smallest absolute Gasteiger partial charge is 0.270 e. The van der Waals surface area contributed by atoms with E-state index < -0.39 is 0 Å². The summed E-state index contributed by atoms with van der Waals surface area (Å²) < 4.78 is 1.55. The Labute approximate surface area is 189 Å². The van der Waals surface area contributed by atoms with Crippen LogP contribution in [-0.2, 0) is 11.8 Å². The molecule has 162 valence electrons. The van der Waals surface area contributed by atoms with Crippen molar-refractivity contribution in [1.82, 2.24) is 9.78 Å². The second-order valence-corrected chi connectivity index (χ2v) is 8.91. The number of rotatable bonds is 5. The summed E-state index contributed by atoms with van der Waals surface area (Å²) in [4.78, 5) is 12.8. The second kappa shape index (κ2) is 8.62. The van der Waals surface area contributed by atoms with Crippen LogP contribution in [0.1, 0.15) is 53.7 Å². The number of carbonyl (C=O) groups excluding carboxylic acids is 1. The third kappa shape index (κ3) is 3.60. The van der Waals surface area contributed by atoms with Gasteiger partial charge in [-0.15, -0.1) is 5.10 Å². The molecule has 2 aliphatic rings. The molecule has 1 fully saturated rings. The van der Waals surface area contributed by atoms with E-state index in [0.717, 1.165) is 23.4 Å². The zero-order chi connectivity index (χ0) is 22.0. The summed E-state index contributed by atoms with van der Waals surface area (Å²) in [6.45, 7) is 3.71. The van der Waals surface area contributed by atoms with Gasteiger partial charge in [-0.3, -0.25) is 4.79 Å². The van der Waals surface area contributed by atoms with Crippen molar-refractivity contribution in [2.75, 3.05) is 5.32 Å². The normalized spacial score (nSPS) is 20.5. The van der Waals surface area contributed by atoms with Gasteiger partial charge in [-0.2, -0.15) is 4.68 Å². The number of carbonyl (C=O) groups is 1. The number of anilines is 2. The predicted octanol–water partition coefficient (Wildman–Crippen LogP) is 6.54. The minimum absolute atomic E-state index is 0.127. The summed E-state index contributed by atoms with van der Waals surface area (Å²) in [6, 6.07) is 20.8. The first-order valence-corrected chi connectivity index (χ1v) is 11.6. The second-order valence-electron chi connectivity index (χ2n) is 8.91. The van der Waals surface area contributed by atoms with E-state index in [0.29, 0.717) is 11.7 Å². The van der Waals surface area contributed by atoms with Gasteiger partial charge in [0.2, 0.25) is 0 Å². The fourth-order valence-electron chi connectivity index (χ4n) is 5.48. The Morgan fingerprint density at radius 2 is 1.72 bits per heavy atom. The minimum Gasteiger partial charge on any atom is -0.338 e. The molecule has 1 N–H and O–H groups in total. The van der Waals surface area contributed by atoms with Gasteiger partial charge in [-0.1, -0.05) is 86.5 Å². The van der Waals surface area contributed by atoms with Crippen molar-refractivity contribution in [1.29, 1.82) is 0 Å². The highest BCUT2D eigenvalue weighted by Gasteiger charge is 2.42. The summed E-state index contributed by atoms with van der Waals surface area (Å²) in [5.41, 5.74) is 4.10. The molecule has 3 aromatic rings. The number of allylic oxidation sites excluding steroid dienone is 2. The largest absolute Gasteiger partial charge is 0.338 e. The minimum atomic E-state index is -0.191. The van der Waals surface area contributed by atoms with Crippen LogP contribution in [-0.4, -0.2) is 15.7 Å². The van der Waals surface area contributed by atoms with E-state index in [1.54, 1.807) is 4.68 Å². The molecule has 1 heterocycles. The number of hydrogen-bond acceptors (Lipinski definition) is 3. The van der Waals surface area contributed by atoms with Crippen LogP contribution in [0, 0.1) is 5.92 Å². The van der Waals surface area contributed by atoms with Gasteiger partial charge in [0.1, 0.15) is 0 Å². The number of aromatic nitrogens is 2. The average molecular weight is 424 g/mol. The van der Waals surface area contributed by atoms with Crippen molar-refractivity contribution < 1.29 is 4.79 Å². The first kappa shape index (κ1) is 20.5. The van der Waals surface area contributed by atoms with Gasteiger partial charge >= 0.3 is 0 Å². The zero-order valence-corrected chi connectivity index (χ0v) is 18.3. The van der Waals surface area contributed by atoms with Gasteiger partial charge in [-0.25, -0.2) is 0 Å². The average Bonchev–Trinajstić information content (AvgIpc) is 3.22. The van der Waals surface area contributed by atoms with Gasteiger partial charge < -0.3 is 5.32 Å². The van der Waals surface area contributed by atoms with Crippen LogP contribution >= 0.6 is 0 Å². The third-order valence-corrected chi connectivity index (χ3v) is 7.09. The molecule has 2 aromatic carbocycles. The predicted molar refractivity (Wildman–Crippen MR) is 130 cm³/mol. The first-order valence-electron chi connectivity index (χ1n) is 11.6. The third-order valence-electron chi connectivity index (χ3n) is 7.09. The van der Waals surface area contributed by atoms with Gasteiger partial charge in [0.15, 0.2) is 5.82 Å². The van der Waals surface area contributed by atoms with Gasteiger partial charge in [0, 0.05) is 23.1 Å². The number of nitrogens with one attached hydrogen (secondary N) is 1. The van der Waals surface area contributed by atoms with E-state index in [9.17, 15) is 4.79 Å². The lowest BCUT2D eigenvalue weighted by atomic mass is 9.61. The SMILES string of the molecule is C=CC(=O)n1nc(Nc2ccccc2)c2c1CC(c1ccccc1)(C1CCCCC1)C=C2. The first-order chi connectivity index (χ1) is 15.7. The van der Waals surface area contributed by atoms with Crippen molar-refractivity contribution in [2.24, 2.45) is 5.92 Å². The number of para-hydroxylation sites is 1. The van der Waals surface area contributed by atoms with Crippen LogP contribution in [0.15, 0.2) is 79.4 Å². The van der Waals surface area contributed by atoms with Crippen molar-refractivity contribution in [3.05, 3.63) is 96.2 Å². The van der Waals surface area contributed by atoms with Crippen LogP contribution in [0.3, 0.4) is 0 Å². The van der Waals surface area contributed by atoms with Crippen molar-refractivity contribution in [3.63, 3.8) is 0 Å². The molecule has 1 saturated carbocycles. The Kier molecular flexibility index (Phi) is 5.52. The van der Waals surface area contributed by atoms with Gasteiger partial charge in [0.05, 0.1) is 5.69 Å². The Morgan fingerprint density at radius 3 is 2.41 bits per heavy atom. The molecule has 5 rings (SSSR count). The molecule has 4 nitrogen and oxygen atoms in total. The highest BCUT2D eigenvalue weighted by atomic mass is 16.2. The van der Waals surface area contributed by atoms with Gasteiger partial charge in [0.25, 0.3) is 5.91 Å². The quantitative estimate of drug-likeness (QED) is 0.474. The molecule has 2 aliphatic carbocycles. The standard InChI is InChI=1S/C28H29N3O/c1-2-26(32)31-25-20-28(21-12-6-3-7-13-21,22-14-8-4-9-15-22)19-18-24(25)27(30-31)29-23-16-10-5-11-17-23/h2-3,5-7,10-13,16-19,22H,1,4,8-9,14-15,20H2,(H,29,30). The summed E-state index contributed by atoms with van der Waals surface area (Å²) in [7, 11) is 0. The van der Waals surface area contributed by atoms with Crippen LogP contribution in [0.25, 0.3) is 6.08 Å². The fraction of sp³-hybridized carbons (Fsp3) is 0.286. The molecule has 0 saturated heterocycles. The molecule has 0 bridgehead atoms. The van der Waals surface area contributed by atoms with Crippen LogP contribution in [0.2, 0.25) is 0 Å². The van der Waals surface area contributed by atoms with E-state index in [1.165, 1.54) is 43.7 Å². The highest BCUT2D eigenvalue weighted by Crippen LogP contribution is 2.48. The lowest BCUT2D eigenvalue weighted by Gasteiger charge is -2.43. The number of nitrogens with zero attached hydrogens (tertiary/aromatic N) is 2. The maximum Gasteiger partial charge on any atom is 0.270 e. The summed E-state index contributed by atoms with van der Waals surface area (Å²) in [5.74, 6) is 1.07. The van der Waals surface area contributed by atoms with E-state index in [1.807, 2.05) is 30.3 Å². The lowest BCUT2D eigenvalue weighted by Crippen LogP contribution is -2.39. The summed E-state index contributed by atoms with van der Waals surface area (Å²) in [5, 5.41) is 8.10. The highest BCUT2D eigenvalue weighted by molar-refractivity contribution is 5.91. The van der Waals surface area contributed by atoms with Crippen molar-refractivity contribution in [2.45, 2.75) is 43.9 Å². The van der Waals surface area contributed by atoms with E-state index in [-0.39, 0.29) is 11.3 Å². The maximum absolute atomic E-state index is 12.8. The molecular formula is C28H29N3O. The lowest BCUT2D eigenvalue weighted by molar-refractivity contribution is 0.0949. The topological polar surface area (TPSA) is 46.9 Å². The number of fused-ring (bicyclic) bond motifs is 1. The van der Waals surface area contributed by atoms with Crippen LogP contribution in [0.5, 0.6) is 0 Å². The summed E-state index contributed by atoms with van der Waals surface area (Å²) >= 11 is 0. The Balaban J connectivity index is 1.62. The number of hydrogen-bond donors (Lipinski definition) is 1. The van der Waals surface area contributed by atoms with E-state index in [4.69, 9.17) is 5.10 Å². The summed E-state index contributed by atoms with van der Waals surface area (Å²) in [6.07, 6.45) is 13.0. The van der Waals surface area contributed by atoms with E-state index in [2.05, 4.69) is 54.4 Å². The van der Waals surface area contributed by atoms with Crippen LogP contribution in [0.4, 0.5) is 11.5 Å². The Hall–Kier alpha value is -3.40. The molecule has 1 aromatic heterocycles. The molecule has 0 spiro atoms. The molecule has 0 aliphatic heterocycles. The monoisotopic (exact) mass is 423 g/mol. The van der Waals surface area contributed by atoms with Crippen molar-refractivity contribution >= 4 is 23.5 Å². The molecule has 4 heteroatoms. The molecule has 1 unspecified atom stereocenters. The maximum atomic E-state index is 12.8. The zero-order valence-electron chi connectivity index (χ0n) is 18.3. The van der Waals surface area contributed by atoms with Gasteiger partial charge in [-0.05, 0) is 42.5 Å². The van der Waals surface area contributed by atoms with Crippen molar-refractivity contribution in [3.8, 4) is 0 Å². The van der Waals surface area contributed by atoms with E-state index >= 15 is 0 Å². The molecule has 0 amide bonds. The fourth-order valence-corrected chi connectivity index (χ4v) is 5.48. The number of benzene rings is 2. The molecule has 32 heavy (non-hydrogen) atoms.